The van der Waals surface area contributed by atoms with Gasteiger partial charge >= 0.3 is 0 Å². The van der Waals surface area contributed by atoms with Crippen molar-refractivity contribution in [2.75, 3.05) is 13.2 Å². The number of nitrogens with zero attached hydrogens (tertiary/aromatic N) is 1. The molecule has 2 N–H and O–H groups in total. The van der Waals surface area contributed by atoms with Crippen molar-refractivity contribution in [3.05, 3.63) is 35.1 Å². The Morgan fingerprint density at radius 2 is 1.97 bits per heavy atom. The second kappa shape index (κ2) is 10.3. The van der Waals surface area contributed by atoms with Crippen molar-refractivity contribution >= 4 is 5.91 Å². The zero-order valence-corrected chi connectivity index (χ0v) is 22.6. The molecule has 202 valence electrons. The lowest BCUT2D eigenvalue weighted by Crippen LogP contribution is -2.53. The number of aliphatic hydroxyl groups is 1. The van der Waals surface area contributed by atoms with Gasteiger partial charge in [0, 0.05) is 12.6 Å². The fourth-order valence-corrected chi connectivity index (χ4v) is 9.40. The molecule has 0 spiro atoms. The van der Waals surface area contributed by atoms with Crippen molar-refractivity contribution in [1.82, 2.24) is 5.32 Å². The first-order valence-corrected chi connectivity index (χ1v) is 14.5. The number of nitriles is 1. The maximum Gasteiger partial charge on any atom is 0.254 e. The molecule has 9 atom stereocenters. The lowest BCUT2D eigenvalue weighted by Gasteiger charge is -2.57. The second-order valence-electron chi connectivity index (χ2n) is 12.8. The zero-order valence-electron chi connectivity index (χ0n) is 22.6. The number of ether oxygens (including phenoxy) is 1. The summed E-state index contributed by atoms with van der Waals surface area (Å²) >= 11 is 0. The highest BCUT2D eigenvalue weighted by atomic mass is 19.1. The normalized spacial score (nSPS) is 39.6. The number of hydrogen-bond donors (Lipinski definition) is 2. The van der Waals surface area contributed by atoms with Gasteiger partial charge < -0.3 is 15.2 Å². The van der Waals surface area contributed by atoms with Crippen LogP contribution in [0.1, 0.15) is 94.5 Å². The van der Waals surface area contributed by atoms with Crippen molar-refractivity contribution in [2.45, 2.75) is 90.2 Å². The van der Waals surface area contributed by atoms with Gasteiger partial charge in [0.2, 0.25) is 0 Å². The molecule has 0 heterocycles. The van der Waals surface area contributed by atoms with Crippen LogP contribution in [0, 0.1) is 58.1 Å². The smallest absolute Gasteiger partial charge is 0.254 e. The van der Waals surface area contributed by atoms with Crippen LogP contribution in [-0.2, 0) is 4.74 Å². The van der Waals surface area contributed by atoms with E-state index >= 15 is 0 Å². The molecule has 4 aliphatic carbocycles. The molecule has 1 aromatic carbocycles. The van der Waals surface area contributed by atoms with Crippen LogP contribution in [0.4, 0.5) is 4.39 Å². The average molecular weight is 511 g/mol. The fraction of sp³-hybridized carbons (Fsp3) is 0.742. The first-order valence-electron chi connectivity index (χ1n) is 14.5. The van der Waals surface area contributed by atoms with Gasteiger partial charge in [-0.05, 0) is 131 Å². The van der Waals surface area contributed by atoms with Gasteiger partial charge in [0.25, 0.3) is 5.91 Å². The molecule has 5 nitrogen and oxygen atoms in total. The van der Waals surface area contributed by atoms with Crippen LogP contribution in [0.2, 0.25) is 0 Å². The number of amides is 1. The Morgan fingerprint density at radius 1 is 1.19 bits per heavy atom. The molecular formula is C31H43FN2O3. The molecule has 5 rings (SSSR count). The van der Waals surface area contributed by atoms with Gasteiger partial charge in [0.15, 0.2) is 0 Å². The Labute approximate surface area is 221 Å². The van der Waals surface area contributed by atoms with E-state index in [1.807, 2.05) is 13.0 Å². The lowest BCUT2D eigenvalue weighted by atomic mass is 9.48. The van der Waals surface area contributed by atoms with Crippen LogP contribution in [0.5, 0.6) is 0 Å². The molecule has 37 heavy (non-hydrogen) atoms. The Hall–Kier alpha value is -1.97. The van der Waals surface area contributed by atoms with Gasteiger partial charge in [-0.3, -0.25) is 4.79 Å². The highest BCUT2D eigenvalue weighted by molar-refractivity contribution is 5.94. The van der Waals surface area contributed by atoms with Crippen LogP contribution < -0.4 is 5.32 Å². The van der Waals surface area contributed by atoms with Crippen molar-refractivity contribution in [1.29, 1.82) is 5.26 Å². The van der Waals surface area contributed by atoms with Crippen LogP contribution in [-0.4, -0.2) is 35.9 Å². The number of hydrogen-bond acceptors (Lipinski definition) is 4. The minimum atomic E-state index is -0.645. The molecule has 4 aliphatic rings. The number of halogens is 1. The predicted octanol–water partition coefficient (Wildman–Crippen LogP) is 5.85. The molecule has 1 aromatic rings. The summed E-state index contributed by atoms with van der Waals surface area (Å²) in [7, 11) is 0. The maximum absolute atomic E-state index is 14.5. The van der Waals surface area contributed by atoms with Crippen molar-refractivity contribution < 1.29 is 19.0 Å². The van der Waals surface area contributed by atoms with E-state index in [0.717, 1.165) is 49.5 Å². The average Bonchev–Trinajstić information content (AvgIpc) is 3.24. The predicted molar refractivity (Wildman–Crippen MR) is 140 cm³/mol. The number of benzene rings is 1. The van der Waals surface area contributed by atoms with Gasteiger partial charge in [0.05, 0.1) is 29.4 Å². The third-order valence-corrected chi connectivity index (χ3v) is 11.1. The number of carbonyl (C=O) groups is 1. The molecule has 0 aromatic heterocycles. The highest BCUT2D eigenvalue weighted by Gasteiger charge is 2.58. The standard InChI is InChI=1S/C31H43FN2O3/c1-4-37-18-31(36)14-12-22-21(16-31)6-8-24-23(22)11-13-30(3)26(9-10-27(24)30)19(2)34-29(35)25-7-5-20(17-33)15-28(25)32/h5,7,15,19,21-24,26-27,36H,4,6,8-14,16,18H2,1-3H3,(H,34,35)/t19-,21-,22+,23-,24-,26?,27+,30-,31-/m1/s1. The fourth-order valence-electron chi connectivity index (χ4n) is 9.40. The van der Waals surface area contributed by atoms with Gasteiger partial charge in [-0.1, -0.05) is 6.92 Å². The summed E-state index contributed by atoms with van der Waals surface area (Å²) in [6, 6.07) is 5.93. The van der Waals surface area contributed by atoms with Crippen molar-refractivity contribution in [2.24, 2.45) is 40.9 Å². The summed E-state index contributed by atoms with van der Waals surface area (Å²) in [6.45, 7) is 7.65. The Bertz CT molecular complexity index is 1060. The van der Waals surface area contributed by atoms with Crippen molar-refractivity contribution in [3.63, 3.8) is 0 Å². The molecule has 0 radical (unpaired) electrons. The van der Waals surface area contributed by atoms with Gasteiger partial charge in [-0.15, -0.1) is 0 Å². The molecule has 0 bridgehead atoms. The van der Waals surface area contributed by atoms with E-state index in [-0.39, 0.29) is 22.6 Å². The Balaban J connectivity index is 1.25. The lowest BCUT2D eigenvalue weighted by molar-refractivity contribution is -0.128. The Morgan fingerprint density at radius 3 is 2.70 bits per heavy atom. The highest BCUT2D eigenvalue weighted by Crippen LogP contribution is 2.65. The molecule has 6 heteroatoms. The maximum atomic E-state index is 14.5. The molecule has 0 saturated heterocycles. The van der Waals surface area contributed by atoms with E-state index in [9.17, 15) is 14.3 Å². The van der Waals surface area contributed by atoms with E-state index in [1.165, 1.54) is 44.2 Å². The SMILES string of the molecule is CCOC[C@@]1(O)CC[C@H]2[C@H](CC[C@@H]3[C@@H]2CC[C@]2(C)C([C@@H](C)NC(=O)c4ccc(C#N)cc4F)CC[C@@H]32)C1. The molecule has 4 saturated carbocycles. The van der Waals surface area contributed by atoms with Crippen LogP contribution in [0.25, 0.3) is 0 Å². The van der Waals surface area contributed by atoms with Crippen LogP contribution in [0.15, 0.2) is 18.2 Å². The molecular weight excluding hydrogens is 467 g/mol. The third-order valence-electron chi connectivity index (χ3n) is 11.1. The minimum absolute atomic E-state index is 0.00850. The summed E-state index contributed by atoms with van der Waals surface area (Å²) in [4.78, 5) is 12.9. The first-order chi connectivity index (χ1) is 17.7. The number of fused-ring (bicyclic) bond motifs is 5. The van der Waals surface area contributed by atoms with Gasteiger partial charge in [-0.2, -0.15) is 5.26 Å². The molecule has 4 fully saturated rings. The number of nitrogens with one attached hydrogen (secondary N) is 1. The molecule has 1 unspecified atom stereocenters. The monoisotopic (exact) mass is 510 g/mol. The first kappa shape index (κ1) is 26.6. The third kappa shape index (κ3) is 4.83. The summed E-state index contributed by atoms with van der Waals surface area (Å²) in [6.07, 6.45) is 10.1. The van der Waals surface area contributed by atoms with E-state index in [4.69, 9.17) is 10.00 Å². The van der Waals surface area contributed by atoms with Gasteiger partial charge in [0.1, 0.15) is 5.82 Å². The largest absolute Gasteiger partial charge is 0.387 e. The summed E-state index contributed by atoms with van der Waals surface area (Å²) in [5, 5.41) is 23.2. The van der Waals surface area contributed by atoms with E-state index in [1.54, 1.807) is 0 Å². The Kier molecular flexibility index (Phi) is 7.41. The second-order valence-corrected chi connectivity index (χ2v) is 12.8. The van der Waals surface area contributed by atoms with E-state index < -0.39 is 17.3 Å². The van der Waals surface area contributed by atoms with E-state index in [2.05, 4.69) is 19.2 Å². The minimum Gasteiger partial charge on any atom is -0.387 e. The summed E-state index contributed by atoms with van der Waals surface area (Å²) in [5.74, 6) is 2.85. The molecule has 1 amide bonds. The van der Waals surface area contributed by atoms with Crippen LogP contribution in [0.3, 0.4) is 0 Å². The van der Waals surface area contributed by atoms with Crippen LogP contribution >= 0.6 is 0 Å². The number of rotatable bonds is 6. The molecule has 0 aliphatic heterocycles. The zero-order chi connectivity index (χ0) is 26.4. The van der Waals surface area contributed by atoms with E-state index in [0.29, 0.717) is 31.0 Å². The summed E-state index contributed by atoms with van der Waals surface area (Å²) in [5.41, 5.74) is -0.229. The van der Waals surface area contributed by atoms with Gasteiger partial charge in [-0.25, -0.2) is 4.39 Å². The number of carbonyl (C=O) groups excluding carboxylic acids is 1. The summed E-state index contributed by atoms with van der Waals surface area (Å²) < 4.78 is 20.1. The van der Waals surface area contributed by atoms with Crippen molar-refractivity contribution in [3.8, 4) is 6.07 Å². The quantitative estimate of drug-likeness (QED) is 0.503. The topological polar surface area (TPSA) is 82.3 Å².